The van der Waals surface area contributed by atoms with Crippen molar-refractivity contribution in [2.75, 3.05) is 25.1 Å². The monoisotopic (exact) mass is 306 g/mol. The average molecular weight is 306 g/mol. The standard InChI is InChI=1S/C17H26N2O3/c1-5-6-7-10-18-17(21)12-19(14(3)20)15-11-13(2)8-9-16(15)22-4/h8-9,11H,5-7,10,12H2,1-4H3,(H,18,21). The third-order valence-corrected chi connectivity index (χ3v) is 3.41. The molecule has 0 aromatic heterocycles. The number of nitrogens with zero attached hydrogens (tertiary/aromatic N) is 1. The number of hydrogen-bond acceptors (Lipinski definition) is 3. The summed E-state index contributed by atoms with van der Waals surface area (Å²) in [5.41, 5.74) is 1.63. The molecule has 0 saturated carbocycles. The summed E-state index contributed by atoms with van der Waals surface area (Å²) in [5.74, 6) is 0.238. The second kappa shape index (κ2) is 9.07. The number of aryl methyl sites for hydroxylation is 1. The Morgan fingerprint density at radius 3 is 2.59 bits per heavy atom. The summed E-state index contributed by atoms with van der Waals surface area (Å²) in [6.07, 6.45) is 3.15. The van der Waals surface area contributed by atoms with Crippen LogP contribution in [0.1, 0.15) is 38.7 Å². The molecule has 0 unspecified atom stereocenters. The second-order valence-corrected chi connectivity index (χ2v) is 5.34. The van der Waals surface area contributed by atoms with Gasteiger partial charge in [-0.15, -0.1) is 0 Å². The largest absolute Gasteiger partial charge is 0.495 e. The Labute approximate surface area is 132 Å². The van der Waals surface area contributed by atoms with Crippen LogP contribution in [0.15, 0.2) is 18.2 Å². The number of hydrogen-bond donors (Lipinski definition) is 1. The Morgan fingerprint density at radius 1 is 1.27 bits per heavy atom. The van der Waals surface area contributed by atoms with Gasteiger partial charge >= 0.3 is 0 Å². The Bertz CT molecular complexity index is 515. The van der Waals surface area contributed by atoms with Crippen molar-refractivity contribution in [1.29, 1.82) is 0 Å². The van der Waals surface area contributed by atoms with E-state index in [-0.39, 0.29) is 18.4 Å². The molecule has 22 heavy (non-hydrogen) atoms. The fourth-order valence-corrected chi connectivity index (χ4v) is 2.18. The first kappa shape index (κ1) is 18.0. The van der Waals surface area contributed by atoms with Gasteiger partial charge in [-0.2, -0.15) is 0 Å². The summed E-state index contributed by atoms with van der Waals surface area (Å²) < 4.78 is 5.30. The summed E-state index contributed by atoms with van der Waals surface area (Å²) >= 11 is 0. The minimum absolute atomic E-state index is 0.00126. The molecule has 0 aliphatic rings. The number of benzene rings is 1. The molecule has 5 nitrogen and oxygen atoms in total. The molecule has 0 saturated heterocycles. The minimum Gasteiger partial charge on any atom is -0.495 e. The zero-order valence-electron chi connectivity index (χ0n) is 13.9. The van der Waals surface area contributed by atoms with E-state index in [1.165, 1.54) is 11.8 Å². The van der Waals surface area contributed by atoms with Crippen molar-refractivity contribution < 1.29 is 14.3 Å². The predicted octanol–water partition coefficient (Wildman–Crippen LogP) is 2.66. The number of methoxy groups -OCH3 is 1. The van der Waals surface area contributed by atoms with Crippen LogP contribution in [0.3, 0.4) is 0 Å². The fraction of sp³-hybridized carbons (Fsp3) is 0.529. The van der Waals surface area contributed by atoms with Gasteiger partial charge in [0.05, 0.1) is 12.8 Å². The molecule has 1 aromatic rings. The quantitative estimate of drug-likeness (QED) is 0.751. The maximum absolute atomic E-state index is 12.0. The van der Waals surface area contributed by atoms with Gasteiger partial charge in [-0.3, -0.25) is 14.5 Å². The summed E-state index contributed by atoms with van der Waals surface area (Å²) in [7, 11) is 1.55. The third kappa shape index (κ3) is 5.39. The lowest BCUT2D eigenvalue weighted by Crippen LogP contribution is -2.40. The maximum atomic E-state index is 12.0. The van der Waals surface area contributed by atoms with Crippen LogP contribution in [-0.4, -0.2) is 32.0 Å². The number of ether oxygens (including phenoxy) is 1. The highest BCUT2D eigenvalue weighted by Gasteiger charge is 2.19. The molecule has 122 valence electrons. The molecule has 0 aliphatic carbocycles. The Balaban J connectivity index is 2.80. The molecule has 1 aromatic carbocycles. The topological polar surface area (TPSA) is 58.6 Å². The molecule has 0 heterocycles. The van der Waals surface area contributed by atoms with Crippen LogP contribution in [0, 0.1) is 6.92 Å². The van der Waals surface area contributed by atoms with Crippen LogP contribution >= 0.6 is 0 Å². The van der Waals surface area contributed by atoms with Gasteiger partial charge in [-0.05, 0) is 31.0 Å². The van der Waals surface area contributed by atoms with Crippen LogP contribution < -0.4 is 15.0 Å². The lowest BCUT2D eigenvalue weighted by Gasteiger charge is -2.23. The first-order valence-electron chi connectivity index (χ1n) is 7.69. The minimum atomic E-state index is -0.187. The lowest BCUT2D eigenvalue weighted by atomic mass is 10.2. The van der Waals surface area contributed by atoms with Gasteiger partial charge in [-0.1, -0.05) is 25.8 Å². The van der Waals surface area contributed by atoms with Gasteiger partial charge in [0, 0.05) is 13.5 Å². The van der Waals surface area contributed by atoms with Crippen molar-refractivity contribution in [3.05, 3.63) is 23.8 Å². The van der Waals surface area contributed by atoms with Crippen molar-refractivity contribution >= 4 is 17.5 Å². The molecule has 1 rings (SSSR count). The first-order valence-corrected chi connectivity index (χ1v) is 7.69. The van der Waals surface area contributed by atoms with Crippen molar-refractivity contribution in [3.8, 4) is 5.75 Å². The van der Waals surface area contributed by atoms with E-state index in [1.54, 1.807) is 13.2 Å². The molecule has 0 radical (unpaired) electrons. The molecular weight excluding hydrogens is 280 g/mol. The van der Waals surface area contributed by atoms with Crippen LogP contribution in [-0.2, 0) is 9.59 Å². The number of rotatable bonds is 8. The molecule has 0 fully saturated rings. The first-order chi connectivity index (χ1) is 10.5. The van der Waals surface area contributed by atoms with E-state index in [0.29, 0.717) is 18.0 Å². The highest BCUT2D eigenvalue weighted by molar-refractivity contribution is 5.98. The summed E-state index contributed by atoms with van der Waals surface area (Å²) in [5, 5.41) is 2.85. The highest BCUT2D eigenvalue weighted by Crippen LogP contribution is 2.29. The number of carbonyl (C=O) groups is 2. The normalized spacial score (nSPS) is 10.2. The SMILES string of the molecule is CCCCCNC(=O)CN(C(C)=O)c1cc(C)ccc1OC. The summed E-state index contributed by atoms with van der Waals surface area (Å²) in [4.78, 5) is 25.4. The summed E-state index contributed by atoms with van der Waals surface area (Å²) in [6, 6.07) is 5.57. The molecule has 1 N–H and O–H groups in total. The second-order valence-electron chi connectivity index (χ2n) is 5.34. The highest BCUT2D eigenvalue weighted by atomic mass is 16.5. The van der Waals surface area contributed by atoms with Crippen molar-refractivity contribution in [1.82, 2.24) is 5.32 Å². The number of amides is 2. The molecule has 5 heteroatoms. The van der Waals surface area contributed by atoms with Crippen molar-refractivity contribution in [2.45, 2.75) is 40.0 Å². The molecule has 0 spiro atoms. The number of anilines is 1. The lowest BCUT2D eigenvalue weighted by molar-refractivity contribution is -0.123. The van der Waals surface area contributed by atoms with E-state index in [9.17, 15) is 9.59 Å². The van der Waals surface area contributed by atoms with E-state index in [4.69, 9.17) is 4.74 Å². The van der Waals surface area contributed by atoms with Crippen molar-refractivity contribution in [3.63, 3.8) is 0 Å². The zero-order valence-corrected chi connectivity index (χ0v) is 13.9. The van der Waals surface area contributed by atoms with E-state index < -0.39 is 0 Å². The maximum Gasteiger partial charge on any atom is 0.240 e. The van der Waals surface area contributed by atoms with E-state index in [1.807, 2.05) is 19.1 Å². The molecule has 2 amide bonds. The average Bonchev–Trinajstić information content (AvgIpc) is 2.49. The van der Waals surface area contributed by atoms with Gasteiger partial charge < -0.3 is 10.1 Å². The molecule has 0 atom stereocenters. The van der Waals surface area contributed by atoms with Gasteiger partial charge in [-0.25, -0.2) is 0 Å². The smallest absolute Gasteiger partial charge is 0.240 e. The van der Waals surface area contributed by atoms with E-state index in [2.05, 4.69) is 12.2 Å². The number of nitrogens with one attached hydrogen (secondary N) is 1. The number of carbonyl (C=O) groups excluding carboxylic acids is 2. The predicted molar refractivity (Wildman–Crippen MR) is 88.3 cm³/mol. The number of unbranched alkanes of at least 4 members (excludes halogenated alkanes) is 2. The Morgan fingerprint density at radius 2 is 2.00 bits per heavy atom. The molecular formula is C17H26N2O3. The summed E-state index contributed by atoms with van der Waals surface area (Å²) in [6.45, 7) is 6.15. The van der Waals surface area contributed by atoms with Crippen LogP contribution in [0.2, 0.25) is 0 Å². The van der Waals surface area contributed by atoms with Gasteiger partial charge in [0.2, 0.25) is 11.8 Å². The fourth-order valence-electron chi connectivity index (χ4n) is 2.18. The van der Waals surface area contributed by atoms with Gasteiger partial charge in [0.25, 0.3) is 0 Å². The van der Waals surface area contributed by atoms with E-state index >= 15 is 0 Å². The molecule has 0 aliphatic heterocycles. The van der Waals surface area contributed by atoms with Crippen molar-refractivity contribution in [2.24, 2.45) is 0 Å². The Hall–Kier alpha value is -2.04. The zero-order chi connectivity index (χ0) is 16.5. The molecule has 0 bridgehead atoms. The van der Waals surface area contributed by atoms with E-state index in [0.717, 1.165) is 24.8 Å². The van der Waals surface area contributed by atoms with Gasteiger partial charge in [0.1, 0.15) is 12.3 Å². The van der Waals surface area contributed by atoms with Gasteiger partial charge in [0.15, 0.2) is 0 Å². The van der Waals surface area contributed by atoms with Crippen LogP contribution in [0.5, 0.6) is 5.75 Å². The van der Waals surface area contributed by atoms with Crippen LogP contribution in [0.25, 0.3) is 0 Å². The third-order valence-electron chi connectivity index (χ3n) is 3.41. The Kier molecular flexibility index (Phi) is 7.43. The van der Waals surface area contributed by atoms with Crippen LogP contribution in [0.4, 0.5) is 5.69 Å².